The number of fused-ring (bicyclic) bond motifs is 1. The monoisotopic (exact) mass is 311 g/mol. The molecule has 0 fully saturated rings. The zero-order valence-electron chi connectivity index (χ0n) is 12.0. The van der Waals surface area contributed by atoms with E-state index in [1.807, 2.05) is 0 Å². The van der Waals surface area contributed by atoms with Gasteiger partial charge in [0.25, 0.3) is 0 Å². The number of halogens is 1. The highest BCUT2D eigenvalue weighted by Crippen LogP contribution is 2.40. The molecule has 1 aliphatic rings. The van der Waals surface area contributed by atoms with E-state index in [4.69, 9.17) is 25.8 Å². The lowest BCUT2D eigenvalue weighted by Crippen LogP contribution is -2.24. The van der Waals surface area contributed by atoms with E-state index in [1.165, 1.54) is 0 Å². The largest absolute Gasteiger partial charge is 0.489 e. The standard InChI is InChI=1S/C15H18ClNO4/c1-9(18)10(2)21-14(8-17)11-6-12(16)15-13(7-11)19-4-3-5-20-15/h6-7,9-10,14,18H,3-5H2,1-2H3. The highest BCUT2D eigenvalue weighted by atomic mass is 35.5. The van der Waals surface area contributed by atoms with Crippen molar-refractivity contribution in [2.45, 2.75) is 38.6 Å². The molecule has 5 nitrogen and oxygen atoms in total. The Morgan fingerprint density at radius 2 is 2.05 bits per heavy atom. The summed E-state index contributed by atoms with van der Waals surface area (Å²) in [5.41, 5.74) is 0.583. The summed E-state index contributed by atoms with van der Waals surface area (Å²) < 4.78 is 16.7. The van der Waals surface area contributed by atoms with Crippen LogP contribution in [0.3, 0.4) is 0 Å². The minimum absolute atomic E-state index is 0.387. The van der Waals surface area contributed by atoms with E-state index in [9.17, 15) is 10.4 Å². The lowest BCUT2D eigenvalue weighted by Gasteiger charge is -2.21. The maximum Gasteiger partial charge on any atom is 0.179 e. The van der Waals surface area contributed by atoms with Crippen molar-refractivity contribution in [3.05, 3.63) is 22.7 Å². The van der Waals surface area contributed by atoms with Gasteiger partial charge >= 0.3 is 0 Å². The summed E-state index contributed by atoms with van der Waals surface area (Å²) >= 11 is 6.20. The summed E-state index contributed by atoms with van der Waals surface area (Å²) in [4.78, 5) is 0. The van der Waals surface area contributed by atoms with Crippen molar-refractivity contribution in [2.75, 3.05) is 13.2 Å². The Balaban J connectivity index is 2.28. The first-order valence-electron chi connectivity index (χ1n) is 6.85. The Labute approximate surface area is 129 Å². The molecular weight excluding hydrogens is 294 g/mol. The molecule has 0 bridgehead atoms. The fourth-order valence-electron chi connectivity index (χ4n) is 1.91. The van der Waals surface area contributed by atoms with Crippen molar-refractivity contribution >= 4 is 11.6 Å². The number of aliphatic hydroxyl groups is 1. The number of hydrogen-bond donors (Lipinski definition) is 1. The van der Waals surface area contributed by atoms with Crippen molar-refractivity contribution < 1.29 is 19.3 Å². The quantitative estimate of drug-likeness (QED) is 0.925. The zero-order chi connectivity index (χ0) is 15.4. The van der Waals surface area contributed by atoms with E-state index in [1.54, 1.807) is 26.0 Å². The van der Waals surface area contributed by atoms with Gasteiger partial charge in [0.2, 0.25) is 0 Å². The van der Waals surface area contributed by atoms with Crippen LogP contribution in [-0.2, 0) is 4.74 Å². The van der Waals surface area contributed by atoms with Crippen molar-refractivity contribution in [3.8, 4) is 17.6 Å². The smallest absolute Gasteiger partial charge is 0.179 e. The van der Waals surface area contributed by atoms with Gasteiger partial charge in [-0.3, -0.25) is 0 Å². The highest BCUT2D eigenvalue weighted by Gasteiger charge is 2.22. The van der Waals surface area contributed by atoms with Crippen molar-refractivity contribution in [1.29, 1.82) is 5.26 Å². The number of benzene rings is 1. The van der Waals surface area contributed by atoms with Gasteiger partial charge in [-0.2, -0.15) is 5.26 Å². The van der Waals surface area contributed by atoms with Gasteiger partial charge in [-0.25, -0.2) is 0 Å². The Morgan fingerprint density at radius 1 is 1.33 bits per heavy atom. The number of hydrogen-bond acceptors (Lipinski definition) is 5. The zero-order valence-corrected chi connectivity index (χ0v) is 12.8. The van der Waals surface area contributed by atoms with Gasteiger partial charge in [0, 0.05) is 12.0 Å². The predicted molar refractivity (Wildman–Crippen MR) is 77.6 cm³/mol. The summed E-state index contributed by atoms with van der Waals surface area (Å²) in [6, 6.07) is 5.41. The molecule has 0 saturated carbocycles. The lowest BCUT2D eigenvalue weighted by atomic mass is 10.1. The summed E-state index contributed by atoms with van der Waals surface area (Å²) in [5.74, 6) is 1.02. The van der Waals surface area contributed by atoms with Crippen LogP contribution >= 0.6 is 11.6 Å². The van der Waals surface area contributed by atoms with Crippen LogP contribution in [0.25, 0.3) is 0 Å². The molecule has 1 heterocycles. The molecule has 114 valence electrons. The molecule has 0 aliphatic carbocycles. The molecule has 0 aromatic heterocycles. The average molecular weight is 312 g/mol. The second-order valence-electron chi connectivity index (χ2n) is 4.97. The van der Waals surface area contributed by atoms with E-state index in [0.29, 0.717) is 35.3 Å². The maximum atomic E-state index is 9.49. The fraction of sp³-hybridized carbons (Fsp3) is 0.533. The molecule has 1 N–H and O–H groups in total. The van der Waals surface area contributed by atoms with Crippen LogP contribution in [0.2, 0.25) is 5.02 Å². The Kier molecular flexibility index (Phi) is 5.29. The third-order valence-electron chi connectivity index (χ3n) is 3.27. The van der Waals surface area contributed by atoms with Gasteiger partial charge in [0.1, 0.15) is 0 Å². The predicted octanol–water partition coefficient (Wildman–Crippen LogP) is 2.85. The van der Waals surface area contributed by atoms with Crippen LogP contribution in [0.5, 0.6) is 11.5 Å². The van der Waals surface area contributed by atoms with Crippen LogP contribution in [-0.4, -0.2) is 30.5 Å². The average Bonchev–Trinajstić information content (AvgIpc) is 2.69. The van der Waals surface area contributed by atoms with Crippen LogP contribution < -0.4 is 9.47 Å². The van der Waals surface area contributed by atoms with Gasteiger partial charge in [-0.05, 0) is 26.0 Å². The van der Waals surface area contributed by atoms with E-state index in [0.717, 1.165) is 6.42 Å². The van der Waals surface area contributed by atoms with E-state index >= 15 is 0 Å². The first-order chi connectivity index (χ1) is 10.0. The van der Waals surface area contributed by atoms with Crippen molar-refractivity contribution in [2.24, 2.45) is 0 Å². The fourth-order valence-corrected chi connectivity index (χ4v) is 2.19. The van der Waals surface area contributed by atoms with Crippen LogP contribution in [0.1, 0.15) is 31.9 Å². The van der Waals surface area contributed by atoms with Crippen LogP contribution in [0.15, 0.2) is 12.1 Å². The summed E-state index contributed by atoms with van der Waals surface area (Å²) in [6.07, 6.45) is -1.19. The van der Waals surface area contributed by atoms with Crippen LogP contribution in [0, 0.1) is 11.3 Å². The summed E-state index contributed by atoms with van der Waals surface area (Å²) in [6.45, 7) is 4.40. The SMILES string of the molecule is CC(O)C(C)OC(C#N)c1cc(Cl)c2c(c1)OCCCO2. The Hall–Kier alpha value is -1.48. The third kappa shape index (κ3) is 3.79. The molecule has 0 radical (unpaired) electrons. The minimum Gasteiger partial charge on any atom is -0.489 e. The molecule has 1 aromatic rings. The molecule has 0 saturated heterocycles. The van der Waals surface area contributed by atoms with Crippen LogP contribution in [0.4, 0.5) is 0 Å². The molecule has 1 aromatic carbocycles. The first kappa shape index (κ1) is 15.9. The number of nitriles is 1. The number of aliphatic hydroxyl groups excluding tert-OH is 1. The van der Waals surface area contributed by atoms with E-state index in [2.05, 4.69) is 6.07 Å². The molecule has 6 heteroatoms. The lowest BCUT2D eigenvalue weighted by molar-refractivity contribution is -0.0426. The van der Waals surface area contributed by atoms with Crippen molar-refractivity contribution in [1.82, 2.24) is 0 Å². The van der Waals surface area contributed by atoms with Gasteiger partial charge in [0.15, 0.2) is 17.6 Å². The first-order valence-corrected chi connectivity index (χ1v) is 7.23. The molecule has 3 unspecified atom stereocenters. The van der Waals surface area contributed by atoms with Crippen molar-refractivity contribution in [3.63, 3.8) is 0 Å². The molecule has 2 rings (SSSR count). The molecule has 21 heavy (non-hydrogen) atoms. The van der Waals surface area contributed by atoms with Gasteiger partial charge in [-0.15, -0.1) is 0 Å². The molecule has 3 atom stereocenters. The number of nitrogens with zero attached hydrogens (tertiary/aromatic N) is 1. The van der Waals surface area contributed by atoms with Gasteiger partial charge in [-0.1, -0.05) is 11.6 Å². The Bertz CT molecular complexity index is 541. The number of ether oxygens (including phenoxy) is 3. The molecule has 0 amide bonds. The third-order valence-corrected chi connectivity index (χ3v) is 3.56. The molecule has 0 spiro atoms. The van der Waals surface area contributed by atoms with Gasteiger partial charge < -0.3 is 19.3 Å². The number of rotatable bonds is 4. The van der Waals surface area contributed by atoms with E-state index < -0.39 is 18.3 Å². The molecule has 1 aliphatic heterocycles. The Morgan fingerprint density at radius 3 is 2.71 bits per heavy atom. The maximum absolute atomic E-state index is 9.49. The van der Waals surface area contributed by atoms with Gasteiger partial charge in [0.05, 0.1) is 36.5 Å². The van der Waals surface area contributed by atoms with E-state index in [-0.39, 0.29) is 0 Å². The minimum atomic E-state index is -0.829. The second-order valence-corrected chi connectivity index (χ2v) is 5.38. The molecular formula is C15H18ClNO4. The normalized spacial score (nSPS) is 18.2. The summed E-state index contributed by atoms with van der Waals surface area (Å²) in [5, 5.41) is 19.2. The topological polar surface area (TPSA) is 71.7 Å². The highest BCUT2D eigenvalue weighted by molar-refractivity contribution is 6.32. The summed E-state index contributed by atoms with van der Waals surface area (Å²) in [7, 11) is 0. The second kappa shape index (κ2) is 6.99.